The lowest BCUT2D eigenvalue weighted by Crippen LogP contribution is -2.47. The number of halogens is 1. The van der Waals surface area contributed by atoms with Crippen LogP contribution in [0.3, 0.4) is 0 Å². The van der Waals surface area contributed by atoms with E-state index < -0.39 is 6.80 Å². The van der Waals surface area contributed by atoms with Gasteiger partial charge in [0.05, 0.1) is 0 Å². The predicted molar refractivity (Wildman–Crippen MR) is 30.3 cm³/mol. The summed E-state index contributed by atoms with van der Waals surface area (Å²) in [4.78, 5) is 0. The van der Waals surface area contributed by atoms with Gasteiger partial charge in [0, 0.05) is 19.6 Å². The van der Waals surface area contributed by atoms with Crippen LogP contribution in [0.4, 0.5) is 4.39 Å². The Hall–Kier alpha value is -0.150. The summed E-state index contributed by atoms with van der Waals surface area (Å²) in [5, 5.41) is 5.75. The topological polar surface area (TPSA) is 24.1 Å². The van der Waals surface area contributed by atoms with E-state index in [4.69, 9.17) is 0 Å². The Morgan fingerprint density at radius 3 is 2.75 bits per heavy atom. The van der Waals surface area contributed by atoms with Gasteiger partial charge >= 0.3 is 0 Å². The quantitative estimate of drug-likeness (QED) is 0.498. The van der Waals surface area contributed by atoms with Gasteiger partial charge in [-0.05, 0) is 5.92 Å². The Morgan fingerprint density at radius 1 is 1.62 bits per heavy atom. The summed E-state index contributed by atoms with van der Waals surface area (Å²) in [6.45, 7) is 2.53. The molecule has 3 heteroatoms. The minimum Gasteiger partial charge on any atom is -0.316 e. The molecule has 1 rings (SSSR count). The predicted octanol–water partition coefficient (Wildman–Crippen LogP) is -0.278. The molecule has 1 aliphatic rings. The molecule has 0 aliphatic carbocycles. The molecular weight excluding hydrogens is 107 g/mol. The fourth-order valence-electron chi connectivity index (χ4n) is 0.751. The van der Waals surface area contributed by atoms with Crippen LogP contribution in [0.2, 0.25) is 0 Å². The molecule has 0 aromatic rings. The molecule has 0 aromatic heterocycles. The highest BCUT2D eigenvalue weighted by atomic mass is 19.1. The molecule has 1 saturated heterocycles. The van der Waals surface area contributed by atoms with Crippen molar-refractivity contribution in [1.82, 2.24) is 10.6 Å². The normalized spacial score (nSPS) is 20.6. The summed E-state index contributed by atoms with van der Waals surface area (Å²) < 4.78 is 11.4. The van der Waals surface area contributed by atoms with E-state index in [-0.39, 0.29) is 0 Å². The van der Waals surface area contributed by atoms with Crippen LogP contribution < -0.4 is 10.6 Å². The summed E-state index contributed by atoms with van der Waals surface area (Å²) in [5.41, 5.74) is 0. The van der Waals surface area contributed by atoms with E-state index in [2.05, 4.69) is 10.6 Å². The van der Waals surface area contributed by atoms with Crippen molar-refractivity contribution in [3.05, 3.63) is 0 Å². The van der Waals surface area contributed by atoms with E-state index in [1.165, 1.54) is 0 Å². The highest BCUT2D eigenvalue weighted by Gasteiger charge is 2.14. The molecule has 1 heterocycles. The number of alkyl halides is 1. The van der Waals surface area contributed by atoms with Gasteiger partial charge in [-0.15, -0.1) is 0 Å². The minimum absolute atomic E-state index is 0.392. The van der Waals surface area contributed by atoms with Gasteiger partial charge < -0.3 is 5.32 Å². The first-order valence-corrected chi connectivity index (χ1v) is 2.91. The molecule has 8 heavy (non-hydrogen) atoms. The number of nitrogens with one attached hydrogen (secondary N) is 2. The van der Waals surface area contributed by atoms with Crippen molar-refractivity contribution < 1.29 is 4.39 Å². The zero-order valence-corrected chi connectivity index (χ0v) is 4.78. The lowest BCUT2D eigenvalue weighted by atomic mass is 10.0. The number of hydrogen-bond acceptors (Lipinski definition) is 2. The zero-order chi connectivity index (χ0) is 5.82. The lowest BCUT2D eigenvalue weighted by Gasteiger charge is -2.26. The largest absolute Gasteiger partial charge is 0.316 e. The maximum atomic E-state index is 11.4. The summed E-state index contributed by atoms with van der Waals surface area (Å²) >= 11 is 0. The summed E-state index contributed by atoms with van der Waals surface area (Å²) in [6.07, 6.45) is 0. The van der Waals surface area contributed by atoms with Crippen molar-refractivity contribution in [3.63, 3.8) is 0 Å². The van der Waals surface area contributed by atoms with Crippen molar-refractivity contribution in [2.24, 2.45) is 5.92 Å². The second-order valence-electron chi connectivity index (χ2n) is 2.11. The molecule has 1 aliphatic heterocycles. The van der Waals surface area contributed by atoms with Gasteiger partial charge in [-0.3, -0.25) is 5.32 Å². The monoisotopic (exact) mass is 118 g/mol. The van der Waals surface area contributed by atoms with Gasteiger partial charge in [-0.2, -0.15) is 0 Å². The van der Waals surface area contributed by atoms with Crippen LogP contribution in [-0.4, -0.2) is 26.4 Å². The Kier molecular flexibility index (Phi) is 2.24. The lowest BCUT2D eigenvalue weighted by molar-refractivity contribution is 0.307. The molecule has 0 unspecified atom stereocenters. The van der Waals surface area contributed by atoms with Crippen molar-refractivity contribution in [2.45, 2.75) is 0 Å². The van der Waals surface area contributed by atoms with Crippen LogP contribution in [0.25, 0.3) is 0 Å². The molecule has 0 amide bonds. The van der Waals surface area contributed by atoms with Gasteiger partial charge in [0.2, 0.25) is 0 Å². The van der Waals surface area contributed by atoms with Crippen LogP contribution in [0.15, 0.2) is 0 Å². The third-order valence-corrected chi connectivity index (χ3v) is 1.39. The Bertz CT molecular complexity index is 63.4. The molecule has 0 spiro atoms. The Labute approximate surface area is 48.5 Å². The molecule has 2 nitrogen and oxygen atoms in total. The standard InChI is InChI=1S/C5H11FN2/c6-4-8-3-5-1-7-2-5/h5,7-8H,1-4H2. The molecule has 0 radical (unpaired) electrons. The third-order valence-electron chi connectivity index (χ3n) is 1.39. The van der Waals surface area contributed by atoms with E-state index in [1.807, 2.05) is 0 Å². The van der Waals surface area contributed by atoms with E-state index in [9.17, 15) is 4.39 Å². The second kappa shape index (κ2) is 2.99. The zero-order valence-electron chi connectivity index (χ0n) is 4.78. The first-order valence-electron chi connectivity index (χ1n) is 2.91. The first-order chi connectivity index (χ1) is 3.93. The average molecular weight is 118 g/mol. The van der Waals surface area contributed by atoms with Crippen molar-refractivity contribution >= 4 is 0 Å². The van der Waals surface area contributed by atoms with Crippen LogP contribution >= 0.6 is 0 Å². The van der Waals surface area contributed by atoms with Crippen LogP contribution in [0.5, 0.6) is 0 Å². The van der Waals surface area contributed by atoms with E-state index >= 15 is 0 Å². The molecule has 2 N–H and O–H groups in total. The Balaban J connectivity index is 1.86. The van der Waals surface area contributed by atoms with Crippen LogP contribution in [0, 0.1) is 5.92 Å². The highest BCUT2D eigenvalue weighted by molar-refractivity contribution is 4.75. The first kappa shape index (κ1) is 5.98. The van der Waals surface area contributed by atoms with Gasteiger partial charge in [-0.1, -0.05) is 0 Å². The minimum atomic E-state index is -0.392. The molecule has 0 bridgehead atoms. The maximum Gasteiger partial charge on any atom is 0.140 e. The van der Waals surface area contributed by atoms with E-state index in [0.29, 0.717) is 5.92 Å². The fraction of sp³-hybridized carbons (Fsp3) is 1.00. The smallest absolute Gasteiger partial charge is 0.140 e. The molecule has 0 atom stereocenters. The van der Waals surface area contributed by atoms with Crippen molar-refractivity contribution in [2.75, 3.05) is 26.4 Å². The summed E-state index contributed by atoms with van der Waals surface area (Å²) in [7, 11) is 0. The van der Waals surface area contributed by atoms with Gasteiger partial charge in [0.15, 0.2) is 0 Å². The molecule has 48 valence electrons. The number of hydrogen-bond donors (Lipinski definition) is 2. The summed E-state index contributed by atoms with van der Waals surface area (Å²) in [5.74, 6) is 0.672. The number of rotatable bonds is 3. The summed E-state index contributed by atoms with van der Waals surface area (Å²) in [6, 6.07) is 0. The van der Waals surface area contributed by atoms with Crippen molar-refractivity contribution in [3.8, 4) is 0 Å². The van der Waals surface area contributed by atoms with Crippen LogP contribution in [0.1, 0.15) is 0 Å². The second-order valence-corrected chi connectivity index (χ2v) is 2.11. The molecule has 0 aromatic carbocycles. The van der Waals surface area contributed by atoms with Gasteiger partial charge in [0.25, 0.3) is 0 Å². The fourth-order valence-corrected chi connectivity index (χ4v) is 0.751. The third kappa shape index (κ3) is 1.42. The van der Waals surface area contributed by atoms with E-state index in [1.54, 1.807) is 0 Å². The highest BCUT2D eigenvalue weighted by Crippen LogP contribution is 1.98. The molecule has 0 saturated carbocycles. The Morgan fingerprint density at radius 2 is 2.38 bits per heavy atom. The maximum absolute atomic E-state index is 11.4. The van der Waals surface area contributed by atoms with E-state index in [0.717, 1.165) is 19.6 Å². The molecular formula is C5H11FN2. The average Bonchev–Trinajstić information content (AvgIpc) is 1.63. The SMILES string of the molecule is FCNCC1CNC1. The van der Waals surface area contributed by atoms with Crippen molar-refractivity contribution in [1.29, 1.82) is 0 Å². The van der Waals surface area contributed by atoms with Gasteiger partial charge in [-0.25, -0.2) is 4.39 Å². The van der Waals surface area contributed by atoms with Gasteiger partial charge in [0.1, 0.15) is 6.80 Å². The van der Waals surface area contributed by atoms with Crippen LogP contribution in [-0.2, 0) is 0 Å². The molecule has 1 fully saturated rings.